The lowest BCUT2D eigenvalue weighted by Gasteiger charge is -2.13. The topological polar surface area (TPSA) is 119 Å². The molecule has 0 saturated heterocycles. The molecule has 1 aromatic carbocycles. The molecule has 37 heavy (non-hydrogen) atoms. The summed E-state index contributed by atoms with van der Waals surface area (Å²) in [5.74, 6) is -1.15. The third-order valence-electron chi connectivity index (χ3n) is 6.03. The van der Waals surface area contributed by atoms with Crippen LogP contribution < -0.4 is 10.9 Å². The van der Waals surface area contributed by atoms with Gasteiger partial charge in [0.05, 0.1) is 29.3 Å². The molecule has 1 aliphatic carbocycles. The highest BCUT2D eigenvalue weighted by Gasteiger charge is 2.28. The van der Waals surface area contributed by atoms with Crippen LogP contribution in [0.15, 0.2) is 40.4 Å². The molecule has 3 heterocycles. The Kier molecular flexibility index (Phi) is 7.11. The van der Waals surface area contributed by atoms with E-state index in [1.807, 2.05) is 0 Å². The molecule has 1 aliphatic rings. The highest BCUT2D eigenvalue weighted by molar-refractivity contribution is 8.00. The summed E-state index contributed by atoms with van der Waals surface area (Å²) >= 11 is 2.50. The molecule has 0 radical (unpaired) electrons. The van der Waals surface area contributed by atoms with Gasteiger partial charge in [-0.05, 0) is 69.4 Å². The number of fused-ring (bicyclic) bond motifs is 2. The van der Waals surface area contributed by atoms with Gasteiger partial charge in [0.15, 0.2) is 10.8 Å². The van der Waals surface area contributed by atoms with Crippen LogP contribution in [0.2, 0.25) is 0 Å². The number of aromatic amines is 1. The Morgan fingerprint density at radius 3 is 2.78 bits per heavy atom. The SMILES string of the molecule is CCOC(=O)c1c(NC(=O)[C@@H](C)Sc2nc3c(cnn3-c3ccc(F)cc3)c(=O)[nH]2)sc2c1CCCC2. The summed E-state index contributed by atoms with van der Waals surface area (Å²) in [5, 5.41) is 7.48. The first-order chi connectivity index (χ1) is 17.9. The lowest BCUT2D eigenvalue weighted by atomic mass is 9.95. The van der Waals surface area contributed by atoms with Gasteiger partial charge in [0.1, 0.15) is 16.2 Å². The molecule has 1 atom stereocenters. The molecule has 3 aromatic heterocycles. The lowest BCUT2D eigenvalue weighted by molar-refractivity contribution is -0.115. The van der Waals surface area contributed by atoms with Crippen LogP contribution in [0.25, 0.3) is 16.7 Å². The van der Waals surface area contributed by atoms with E-state index in [2.05, 4.69) is 20.4 Å². The number of esters is 1. The quantitative estimate of drug-likeness (QED) is 0.201. The van der Waals surface area contributed by atoms with E-state index in [-0.39, 0.29) is 28.9 Å². The molecule has 0 saturated carbocycles. The summed E-state index contributed by atoms with van der Waals surface area (Å²) in [6.07, 6.45) is 5.09. The maximum absolute atomic E-state index is 13.4. The molecule has 0 bridgehead atoms. The van der Waals surface area contributed by atoms with E-state index in [4.69, 9.17) is 4.74 Å². The Bertz CT molecular complexity index is 1540. The van der Waals surface area contributed by atoms with E-state index < -0.39 is 16.8 Å². The number of carbonyl (C=O) groups excluding carboxylic acids is 2. The number of H-pyrrole nitrogens is 1. The Labute approximate surface area is 219 Å². The van der Waals surface area contributed by atoms with Gasteiger partial charge >= 0.3 is 5.97 Å². The highest BCUT2D eigenvalue weighted by atomic mass is 32.2. The van der Waals surface area contributed by atoms with Gasteiger partial charge in [-0.2, -0.15) is 5.10 Å². The largest absolute Gasteiger partial charge is 0.462 e. The van der Waals surface area contributed by atoms with E-state index >= 15 is 0 Å². The Balaban J connectivity index is 1.39. The van der Waals surface area contributed by atoms with E-state index in [0.29, 0.717) is 21.9 Å². The van der Waals surface area contributed by atoms with Gasteiger partial charge in [-0.1, -0.05) is 11.8 Å². The predicted molar refractivity (Wildman–Crippen MR) is 140 cm³/mol. The fourth-order valence-corrected chi connectivity index (χ4v) is 6.31. The molecule has 0 unspecified atom stereocenters. The van der Waals surface area contributed by atoms with Crippen molar-refractivity contribution in [2.75, 3.05) is 11.9 Å². The summed E-state index contributed by atoms with van der Waals surface area (Å²) in [6.45, 7) is 3.69. The number of nitrogens with one attached hydrogen (secondary N) is 2. The number of carbonyl (C=O) groups is 2. The van der Waals surface area contributed by atoms with Gasteiger partial charge in [0.25, 0.3) is 5.56 Å². The second-order valence-electron chi connectivity index (χ2n) is 8.53. The molecule has 0 fully saturated rings. The summed E-state index contributed by atoms with van der Waals surface area (Å²) in [7, 11) is 0. The minimum absolute atomic E-state index is 0.236. The van der Waals surface area contributed by atoms with Crippen molar-refractivity contribution >= 4 is 51.0 Å². The van der Waals surface area contributed by atoms with Crippen molar-refractivity contribution in [3.63, 3.8) is 0 Å². The molecule has 9 nitrogen and oxygen atoms in total. The number of ether oxygens (including phenoxy) is 1. The van der Waals surface area contributed by atoms with E-state index in [0.717, 1.165) is 47.9 Å². The van der Waals surface area contributed by atoms with E-state index in [9.17, 15) is 18.8 Å². The number of thioether (sulfide) groups is 1. The number of anilines is 1. The second-order valence-corrected chi connectivity index (χ2v) is 11.0. The smallest absolute Gasteiger partial charge is 0.341 e. The van der Waals surface area contributed by atoms with Crippen molar-refractivity contribution in [1.82, 2.24) is 19.7 Å². The molecular weight excluding hydrogens is 517 g/mol. The van der Waals surface area contributed by atoms with Crippen LogP contribution in [0, 0.1) is 5.82 Å². The molecule has 0 spiro atoms. The van der Waals surface area contributed by atoms with Crippen molar-refractivity contribution in [1.29, 1.82) is 0 Å². The molecule has 12 heteroatoms. The zero-order chi connectivity index (χ0) is 26.1. The number of halogens is 1. The van der Waals surface area contributed by atoms with Gasteiger partial charge in [-0.15, -0.1) is 11.3 Å². The number of nitrogens with zero attached hydrogens (tertiary/aromatic N) is 3. The van der Waals surface area contributed by atoms with E-state index in [1.54, 1.807) is 13.8 Å². The number of thiophene rings is 1. The molecule has 5 rings (SSSR count). The molecule has 4 aromatic rings. The zero-order valence-electron chi connectivity index (χ0n) is 20.2. The number of hydrogen-bond acceptors (Lipinski definition) is 8. The summed E-state index contributed by atoms with van der Waals surface area (Å²) < 4.78 is 20.1. The summed E-state index contributed by atoms with van der Waals surface area (Å²) in [4.78, 5) is 46.8. The minimum atomic E-state index is -0.642. The number of aryl methyl sites for hydroxylation is 1. The maximum atomic E-state index is 13.4. The first-order valence-electron chi connectivity index (χ1n) is 11.9. The average molecular weight is 542 g/mol. The van der Waals surface area contributed by atoms with Gasteiger partial charge in [0.2, 0.25) is 5.91 Å². The molecule has 2 N–H and O–H groups in total. The van der Waals surface area contributed by atoms with Gasteiger partial charge in [0, 0.05) is 4.88 Å². The number of hydrogen-bond donors (Lipinski definition) is 2. The Morgan fingerprint density at radius 1 is 1.27 bits per heavy atom. The fraction of sp³-hybridized carbons (Fsp3) is 0.320. The molecule has 1 amide bonds. The summed E-state index contributed by atoms with van der Waals surface area (Å²) in [5.41, 5.74) is 1.86. The number of rotatable bonds is 7. The van der Waals surface area contributed by atoms with Gasteiger partial charge < -0.3 is 15.0 Å². The van der Waals surface area contributed by atoms with Crippen LogP contribution in [-0.2, 0) is 22.4 Å². The van der Waals surface area contributed by atoms with Crippen LogP contribution in [-0.4, -0.2) is 43.5 Å². The molecule has 192 valence electrons. The van der Waals surface area contributed by atoms with Crippen molar-refractivity contribution in [2.45, 2.75) is 49.9 Å². The Morgan fingerprint density at radius 2 is 2.03 bits per heavy atom. The average Bonchev–Trinajstić information content (AvgIpc) is 3.46. The normalized spacial score (nSPS) is 13.8. The van der Waals surface area contributed by atoms with Gasteiger partial charge in [-0.3, -0.25) is 9.59 Å². The standard InChI is InChI=1S/C25H24FN5O4S2/c1-3-35-24(34)19-16-6-4-5-7-18(16)37-23(19)29-21(32)13(2)36-25-28-20-17(22(33)30-25)12-27-31(20)15-10-8-14(26)9-11-15/h8-13H,3-7H2,1-2H3,(H,29,32)(H,28,30,33)/t13-/m1/s1. The first-order valence-corrected chi connectivity index (χ1v) is 13.6. The van der Waals surface area contributed by atoms with Gasteiger partial charge in [-0.25, -0.2) is 18.9 Å². The van der Waals surface area contributed by atoms with Crippen molar-refractivity contribution in [3.05, 3.63) is 62.6 Å². The lowest BCUT2D eigenvalue weighted by Crippen LogP contribution is -2.24. The number of amides is 1. The van der Waals surface area contributed by atoms with Crippen LogP contribution in [0.1, 0.15) is 47.5 Å². The highest BCUT2D eigenvalue weighted by Crippen LogP contribution is 2.39. The zero-order valence-corrected chi connectivity index (χ0v) is 21.8. The number of aromatic nitrogens is 4. The second kappa shape index (κ2) is 10.5. The van der Waals surface area contributed by atoms with Crippen molar-refractivity contribution in [3.8, 4) is 5.69 Å². The first kappa shape index (κ1) is 25.2. The monoisotopic (exact) mass is 541 g/mol. The third kappa shape index (κ3) is 5.03. The molecule has 0 aliphatic heterocycles. The maximum Gasteiger partial charge on any atom is 0.341 e. The van der Waals surface area contributed by atoms with Crippen LogP contribution in [0.5, 0.6) is 0 Å². The number of benzene rings is 1. The molecular formula is C25H24FN5O4S2. The predicted octanol–water partition coefficient (Wildman–Crippen LogP) is 4.48. The van der Waals surface area contributed by atoms with Crippen LogP contribution >= 0.6 is 23.1 Å². The van der Waals surface area contributed by atoms with Crippen LogP contribution in [0.4, 0.5) is 9.39 Å². The van der Waals surface area contributed by atoms with Crippen molar-refractivity contribution in [2.24, 2.45) is 0 Å². The fourth-order valence-electron chi connectivity index (χ4n) is 4.23. The van der Waals surface area contributed by atoms with Crippen LogP contribution in [0.3, 0.4) is 0 Å². The summed E-state index contributed by atoms with van der Waals surface area (Å²) in [6, 6.07) is 5.67. The third-order valence-corrected chi connectivity index (χ3v) is 8.22. The minimum Gasteiger partial charge on any atom is -0.462 e. The van der Waals surface area contributed by atoms with E-state index in [1.165, 1.54) is 46.5 Å². The Hall–Kier alpha value is -3.51. The van der Waals surface area contributed by atoms with Crippen molar-refractivity contribution < 1.29 is 18.7 Å².